The van der Waals surface area contributed by atoms with Gasteiger partial charge in [0.25, 0.3) is 0 Å². The molecular weight excluding hydrogens is 228 g/mol. The Morgan fingerprint density at radius 3 is 2.28 bits per heavy atom. The minimum Gasteiger partial charge on any atom is -0.497 e. The maximum absolute atomic E-state index is 5.70. The SMILES string of the molecule is COc1cc(OC)cc(C2CCC(CN)CN2)c1. The number of piperidine rings is 1. The molecule has 0 spiro atoms. The molecule has 0 bridgehead atoms. The van der Waals surface area contributed by atoms with Crippen LogP contribution in [0.2, 0.25) is 0 Å². The van der Waals surface area contributed by atoms with Gasteiger partial charge in [-0.3, -0.25) is 0 Å². The Bertz CT molecular complexity index is 365. The van der Waals surface area contributed by atoms with Gasteiger partial charge in [-0.05, 0) is 49.5 Å². The molecule has 4 nitrogen and oxygen atoms in total. The smallest absolute Gasteiger partial charge is 0.122 e. The van der Waals surface area contributed by atoms with E-state index in [0.29, 0.717) is 12.0 Å². The predicted octanol–water partition coefficient (Wildman–Crippen LogP) is 1.70. The zero-order valence-corrected chi connectivity index (χ0v) is 11.1. The Morgan fingerprint density at radius 2 is 1.83 bits per heavy atom. The van der Waals surface area contributed by atoms with Crippen molar-refractivity contribution < 1.29 is 9.47 Å². The van der Waals surface area contributed by atoms with E-state index in [-0.39, 0.29) is 0 Å². The van der Waals surface area contributed by atoms with Crippen LogP contribution >= 0.6 is 0 Å². The molecule has 100 valence electrons. The summed E-state index contributed by atoms with van der Waals surface area (Å²) in [6, 6.07) is 6.41. The van der Waals surface area contributed by atoms with Crippen LogP contribution in [-0.2, 0) is 0 Å². The molecule has 1 aromatic rings. The van der Waals surface area contributed by atoms with Crippen LogP contribution in [0.4, 0.5) is 0 Å². The number of hydrogen-bond acceptors (Lipinski definition) is 4. The van der Waals surface area contributed by atoms with Crippen LogP contribution in [0, 0.1) is 5.92 Å². The van der Waals surface area contributed by atoms with E-state index >= 15 is 0 Å². The molecule has 1 aromatic carbocycles. The first-order valence-electron chi connectivity index (χ1n) is 6.43. The molecule has 18 heavy (non-hydrogen) atoms. The van der Waals surface area contributed by atoms with Gasteiger partial charge < -0.3 is 20.5 Å². The fourth-order valence-electron chi connectivity index (χ4n) is 2.43. The Hall–Kier alpha value is -1.26. The number of nitrogens with one attached hydrogen (secondary N) is 1. The second-order valence-corrected chi connectivity index (χ2v) is 4.79. The molecule has 0 aliphatic carbocycles. The summed E-state index contributed by atoms with van der Waals surface area (Å²) in [5.41, 5.74) is 6.92. The first-order chi connectivity index (χ1) is 8.76. The number of rotatable bonds is 4. The van der Waals surface area contributed by atoms with E-state index in [1.54, 1.807) is 14.2 Å². The molecule has 0 radical (unpaired) electrons. The molecule has 2 unspecified atom stereocenters. The summed E-state index contributed by atoms with van der Waals surface area (Å²) >= 11 is 0. The standard InChI is InChI=1S/C14H22N2O2/c1-17-12-5-11(6-13(7-12)18-2)14-4-3-10(8-15)9-16-14/h5-7,10,14,16H,3-4,8-9,15H2,1-2H3. The van der Waals surface area contributed by atoms with Gasteiger partial charge in [0, 0.05) is 12.1 Å². The Kier molecular flexibility index (Phi) is 4.44. The highest BCUT2D eigenvalue weighted by Gasteiger charge is 2.21. The Labute approximate surface area is 108 Å². The molecule has 4 heteroatoms. The lowest BCUT2D eigenvalue weighted by Gasteiger charge is -2.29. The van der Waals surface area contributed by atoms with Gasteiger partial charge in [-0.2, -0.15) is 0 Å². The summed E-state index contributed by atoms with van der Waals surface area (Å²) in [7, 11) is 3.36. The summed E-state index contributed by atoms with van der Waals surface area (Å²) in [5, 5.41) is 3.55. The highest BCUT2D eigenvalue weighted by Crippen LogP contribution is 2.31. The maximum atomic E-state index is 5.70. The zero-order valence-electron chi connectivity index (χ0n) is 11.1. The molecule has 1 aliphatic heterocycles. The summed E-state index contributed by atoms with van der Waals surface area (Å²) in [6.07, 6.45) is 2.28. The van der Waals surface area contributed by atoms with Crippen LogP contribution < -0.4 is 20.5 Å². The first kappa shape index (κ1) is 13.2. The molecule has 1 fully saturated rings. The Balaban J connectivity index is 2.13. The van der Waals surface area contributed by atoms with E-state index in [1.165, 1.54) is 12.0 Å². The molecule has 0 amide bonds. The maximum Gasteiger partial charge on any atom is 0.122 e. The van der Waals surface area contributed by atoms with E-state index in [0.717, 1.165) is 31.0 Å². The van der Waals surface area contributed by atoms with Crippen LogP contribution in [0.3, 0.4) is 0 Å². The van der Waals surface area contributed by atoms with Gasteiger partial charge in [-0.25, -0.2) is 0 Å². The molecule has 3 N–H and O–H groups in total. The molecule has 0 saturated carbocycles. The van der Waals surface area contributed by atoms with Crippen LogP contribution in [0.5, 0.6) is 11.5 Å². The largest absolute Gasteiger partial charge is 0.497 e. The van der Waals surface area contributed by atoms with Crippen molar-refractivity contribution in [3.05, 3.63) is 23.8 Å². The number of benzene rings is 1. The highest BCUT2D eigenvalue weighted by atomic mass is 16.5. The van der Waals surface area contributed by atoms with Crippen LogP contribution in [-0.4, -0.2) is 27.3 Å². The molecule has 0 aromatic heterocycles. The average Bonchev–Trinajstić information content (AvgIpc) is 2.46. The zero-order chi connectivity index (χ0) is 13.0. The van der Waals surface area contributed by atoms with Gasteiger partial charge in [-0.15, -0.1) is 0 Å². The molecule has 1 heterocycles. The van der Waals surface area contributed by atoms with Gasteiger partial charge in [0.05, 0.1) is 14.2 Å². The molecule has 2 atom stereocenters. The van der Waals surface area contributed by atoms with E-state index < -0.39 is 0 Å². The average molecular weight is 250 g/mol. The third kappa shape index (κ3) is 2.94. The van der Waals surface area contributed by atoms with Gasteiger partial charge >= 0.3 is 0 Å². The monoisotopic (exact) mass is 250 g/mol. The molecule has 2 rings (SSSR count). The van der Waals surface area contributed by atoms with Crippen molar-refractivity contribution in [2.75, 3.05) is 27.3 Å². The summed E-state index contributed by atoms with van der Waals surface area (Å²) in [5.74, 6) is 2.29. The van der Waals surface area contributed by atoms with Crippen LogP contribution in [0.15, 0.2) is 18.2 Å². The van der Waals surface area contributed by atoms with E-state index in [1.807, 2.05) is 6.07 Å². The molecular formula is C14H22N2O2. The molecule has 1 saturated heterocycles. The van der Waals surface area contributed by atoms with E-state index in [2.05, 4.69) is 17.4 Å². The van der Waals surface area contributed by atoms with Crippen molar-refractivity contribution in [2.24, 2.45) is 11.7 Å². The summed E-state index contributed by atoms with van der Waals surface area (Å²) in [4.78, 5) is 0. The summed E-state index contributed by atoms with van der Waals surface area (Å²) < 4.78 is 10.6. The van der Waals surface area contributed by atoms with Crippen molar-refractivity contribution in [3.63, 3.8) is 0 Å². The number of methoxy groups -OCH3 is 2. The fraction of sp³-hybridized carbons (Fsp3) is 0.571. The van der Waals surface area contributed by atoms with Crippen LogP contribution in [0.1, 0.15) is 24.4 Å². The van der Waals surface area contributed by atoms with Gasteiger partial charge in [0.15, 0.2) is 0 Å². The quantitative estimate of drug-likeness (QED) is 0.854. The third-order valence-corrected chi connectivity index (χ3v) is 3.63. The second kappa shape index (κ2) is 6.07. The lowest BCUT2D eigenvalue weighted by atomic mass is 9.91. The van der Waals surface area contributed by atoms with Crippen molar-refractivity contribution >= 4 is 0 Å². The fourth-order valence-corrected chi connectivity index (χ4v) is 2.43. The van der Waals surface area contributed by atoms with E-state index in [4.69, 9.17) is 15.2 Å². The normalized spacial score (nSPS) is 23.7. The van der Waals surface area contributed by atoms with Gasteiger partial charge in [-0.1, -0.05) is 0 Å². The lowest BCUT2D eigenvalue weighted by molar-refractivity contribution is 0.318. The lowest BCUT2D eigenvalue weighted by Crippen LogP contribution is -2.36. The minimum atomic E-state index is 0.372. The van der Waals surface area contributed by atoms with Crippen molar-refractivity contribution in [3.8, 4) is 11.5 Å². The van der Waals surface area contributed by atoms with Crippen molar-refractivity contribution in [1.82, 2.24) is 5.32 Å². The van der Waals surface area contributed by atoms with Crippen molar-refractivity contribution in [1.29, 1.82) is 0 Å². The first-order valence-corrected chi connectivity index (χ1v) is 6.43. The van der Waals surface area contributed by atoms with Crippen molar-refractivity contribution in [2.45, 2.75) is 18.9 Å². The Morgan fingerprint density at radius 1 is 1.17 bits per heavy atom. The summed E-state index contributed by atoms with van der Waals surface area (Å²) in [6.45, 7) is 1.75. The molecule has 1 aliphatic rings. The topological polar surface area (TPSA) is 56.5 Å². The van der Waals surface area contributed by atoms with Gasteiger partial charge in [0.2, 0.25) is 0 Å². The van der Waals surface area contributed by atoms with Crippen LogP contribution in [0.25, 0.3) is 0 Å². The van der Waals surface area contributed by atoms with E-state index in [9.17, 15) is 0 Å². The second-order valence-electron chi connectivity index (χ2n) is 4.79. The minimum absolute atomic E-state index is 0.372. The number of hydrogen-bond donors (Lipinski definition) is 2. The number of nitrogens with two attached hydrogens (primary N) is 1. The van der Waals surface area contributed by atoms with Gasteiger partial charge in [0.1, 0.15) is 11.5 Å². The number of ether oxygens (including phenoxy) is 2. The predicted molar refractivity (Wildman–Crippen MR) is 72.1 cm³/mol. The third-order valence-electron chi connectivity index (χ3n) is 3.63. The highest BCUT2D eigenvalue weighted by molar-refractivity contribution is 5.40.